The number of hydrogen-bond donors (Lipinski definition) is 3. The number of nitrogens with one attached hydrogen (secondary N) is 2. The van der Waals surface area contributed by atoms with Crippen LogP contribution in [0.2, 0.25) is 0 Å². The third-order valence-corrected chi connectivity index (χ3v) is 3.35. The van der Waals surface area contributed by atoms with Crippen molar-refractivity contribution >= 4 is 11.8 Å². The fourth-order valence-corrected chi connectivity index (χ4v) is 1.48. The summed E-state index contributed by atoms with van der Waals surface area (Å²) >= 11 is 0. The van der Waals surface area contributed by atoms with Crippen molar-refractivity contribution in [2.45, 2.75) is 47.0 Å². The lowest BCUT2D eigenvalue weighted by Crippen LogP contribution is -2.36. The van der Waals surface area contributed by atoms with Crippen LogP contribution >= 0.6 is 0 Å². The topological polar surface area (TPSA) is 84.2 Å². The van der Waals surface area contributed by atoms with Crippen molar-refractivity contribution < 1.29 is 9.59 Å². The van der Waals surface area contributed by atoms with Crippen molar-refractivity contribution in [3.8, 4) is 0 Å². The van der Waals surface area contributed by atoms with E-state index in [2.05, 4.69) is 31.4 Å². The third kappa shape index (κ3) is 8.59. The molecule has 0 saturated heterocycles. The fraction of sp³-hybridized carbons (Fsp3) is 0.857. The molecule has 0 aromatic rings. The number of unbranched alkanes of at least 4 members (excludes halogenated alkanes) is 2. The van der Waals surface area contributed by atoms with Gasteiger partial charge in [0, 0.05) is 19.0 Å². The Morgan fingerprint density at radius 3 is 2.05 bits per heavy atom. The van der Waals surface area contributed by atoms with Crippen LogP contribution in [0.4, 0.5) is 0 Å². The average Bonchev–Trinajstić information content (AvgIpc) is 2.34. The van der Waals surface area contributed by atoms with Gasteiger partial charge in [0.25, 0.3) is 0 Å². The smallest absolute Gasteiger partial charge is 0.233 e. The molecule has 0 heterocycles. The van der Waals surface area contributed by atoms with Crippen LogP contribution in [0.1, 0.15) is 47.0 Å². The zero-order valence-electron chi connectivity index (χ0n) is 12.7. The van der Waals surface area contributed by atoms with E-state index in [0.29, 0.717) is 13.1 Å². The predicted octanol–water partition coefficient (Wildman–Crippen LogP) is 1.03. The highest BCUT2D eigenvalue weighted by Gasteiger charge is 2.26. The van der Waals surface area contributed by atoms with Gasteiger partial charge < -0.3 is 16.4 Å². The van der Waals surface area contributed by atoms with Crippen LogP contribution in [0, 0.1) is 11.3 Å². The molecule has 0 radical (unpaired) electrons. The number of amides is 2. The monoisotopic (exact) mass is 271 g/mol. The van der Waals surface area contributed by atoms with Gasteiger partial charge in [-0.15, -0.1) is 0 Å². The molecule has 0 aliphatic heterocycles. The van der Waals surface area contributed by atoms with Crippen LogP contribution in [-0.4, -0.2) is 31.4 Å². The third-order valence-electron chi connectivity index (χ3n) is 3.35. The molecule has 112 valence electrons. The highest BCUT2D eigenvalue weighted by Crippen LogP contribution is 2.25. The summed E-state index contributed by atoms with van der Waals surface area (Å²) in [5.41, 5.74) is 5.17. The average molecular weight is 271 g/mol. The molecule has 0 aromatic carbocycles. The molecule has 4 N–H and O–H groups in total. The van der Waals surface area contributed by atoms with E-state index >= 15 is 0 Å². The van der Waals surface area contributed by atoms with E-state index < -0.39 is 0 Å². The lowest BCUT2D eigenvalue weighted by molar-refractivity contribution is -0.127. The van der Waals surface area contributed by atoms with Crippen molar-refractivity contribution in [2.24, 2.45) is 17.1 Å². The van der Waals surface area contributed by atoms with E-state index in [1.54, 1.807) is 0 Å². The zero-order valence-corrected chi connectivity index (χ0v) is 12.7. The molecule has 2 amide bonds. The van der Waals surface area contributed by atoms with Crippen molar-refractivity contribution in [2.75, 3.05) is 19.6 Å². The molecule has 5 nitrogen and oxygen atoms in total. The minimum absolute atomic E-state index is 0.00338. The highest BCUT2D eigenvalue weighted by molar-refractivity contribution is 5.79. The van der Waals surface area contributed by atoms with Crippen molar-refractivity contribution in [3.63, 3.8) is 0 Å². The lowest BCUT2D eigenvalue weighted by Gasteiger charge is -2.26. The lowest BCUT2D eigenvalue weighted by atomic mass is 9.81. The van der Waals surface area contributed by atoms with Gasteiger partial charge in [0.05, 0.1) is 6.54 Å². The standard InChI is InChI=1S/C14H29N3O2/c1-11(14(2,3)4)13(19)17-9-7-5-6-8-16-12(18)10-15/h11H,5-10,15H2,1-4H3,(H,16,18)(H,17,19). The minimum Gasteiger partial charge on any atom is -0.356 e. The maximum absolute atomic E-state index is 11.8. The molecular formula is C14H29N3O2. The number of nitrogens with two attached hydrogens (primary N) is 1. The normalized spacial score (nSPS) is 12.9. The van der Waals surface area contributed by atoms with Crippen molar-refractivity contribution in [1.29, 1.82) is 0 Å². The molecule has 0 aliphatic rings. The number of carbonyl (C=O) groups excluding carboxylic acids is 2. The largest absolute Gasteiger partial charge is 0.356 e. The molecule has 0 fully saturated rings. The van der Waals surface area contributed by atoms with E-state index in [9.17, 15) is 9.59 Å². The van der Waals surface area contributed by atoms with Gasteiger partial charge in [0.15, 0.2) is 0 Å². The quantitative estimate of drug-likeness (QED) is 0.576. The van der Waals surface area contributed by atoms with Gasteiger partial charge in [-0.1, -0.05) is 27.7 Å². The summed E-state index contributed by atoms with van der Waals surface area (Å²) in [5.74, 6) is 0.00702. The summed E-state index contributed by atoms with van der Waals surface area (Å²) in [4.78, 5) is 22.7. The Balaban J connectivity index is 3.55. The Kier molecular flexibility index (Phi) is 8.39. The number of carbonyl (C=O) groups is 2. The van der Waals surface area contributed by atoms with Gasteiger partial charge in [-0.25, -0.2) is 0 Å². The first-order valence-corrected chi connectivity index (χ1v) is 7.03. The Bertz CT molecular complexity index is 285. The van der Waals surface area contributed by atoms with Crippen LogP contribution in [0.25, 0.3) is 0 Å². The van der Waals surface area contributed by atoms with Gasteiger partial charge in [-0.3, -0.25) is 9.59 Å². The molecule has 0 saturated carbocycles. The van der Waals surface area contributed by atoms with Crippen molar-refractivity contribution in [3.05, 3.63) is 0 Å². The minimum atomic E-state index is -0.118. The summed E-state index contributed by atoms with van der Waals surface area (Å²) < 4.78 is 0. The second-order valence-electron chi connectivity index (χ2n) is 5.99. The van der Waals surface area contributed by atoms with Crippen LogP contribution in [0.3, 0.4) is 0 Å². The summed E-state index contributed by atoms with van der Waals surface area (Å²) in [7, 11) is 0. The van der Waals surface area contributed by atoms with E-state index in [1.165, 1.54) is 0 Å². The second kappa shape index (κ2) is 8.91. The Labute approximate surface area is 116 Å². The summed E-state index contributed by atoms with van der Waals surface area (Å²) in [6.45, 7) is 9.55. The first kappa shape index (κ1) is 17.9. The molecular weight excluding hydrogens is 242 g/mol. The summed E-state index contributed by atoms with van der Waals surface area (Å²) in [5, 5.41) is 5.67. The zero-order chi connectivity index (χ0) is 14.9. The predicted molar refractivity (Wildman–Crippen MR) is 77.5 cm³/mol. The van der Waals surface area contributed by atoms with Crippen LogP contribution in [0.5, 0.6) is 0 Å². The van der Waals surface area contributed by atoms with Gasteiger partial charge in [-0.2, -0.15) is 0 Å². The van der Waals surface area contributed by atoms with Gasteiger partial charge in [-0.05, 0) is 24.7 Å². The van der Waals surface area contributed by atoms with Crippen LogP contribution < -0.4 is 16.4 Å². The first-order chi connectivity index (χ1) is 8.79. The molecule has 0 aliphatic carbocycles. The molecule has 0 aromatic heterocycles. The Morgan fingerprint density at radius 1 is 1.05 bits per heavy atom. The van der Waals surface area contributed by atoms with E-state index in [4.69, 9.17) is 5.73 Å². The number of rotatable bonds is 8. The first-order valence-electron chi connectivity index (χ1n) is 7.03. The second-order valence-corrected chi connectivity index (χ2v) is 5.99. The molecule has 1 atom stereocenters. The van der Waals surface area contributed by atoms with Crippen LogP contribution in [0.15, 0.2) is 0 Å². The molecule has 0 bridgehead atoms. The summed E-state index contributed by atoms with van der Waals surface area (Å²) in [6, 6.07) is 0. The Hall–Kier alpha value is -1.10. The molecule has 19 heavy (non-hydrogen) atoms. The maximum atomic E-state index is 11.8. The Morgan fingerprint density at radius 2 is 1.58 bits per heavy atom. The van der Waals surface area contributed by atoms with Crippen LogP contribution in [-0.2, 0) is 9.59 Å². The number of hydrogen-bond acceptors (Lipinski definition) is 3. The van der Waals surface area contributed by atoms with Crippen molar-refractivity contribution in [1.82, 2.24) is 10.6 Å². The molecule has 0 spiro atoms. The fourth-order valence-electron chi connectivity index (χ4n) is 1.48. The molecule has 0 rings (SSSR count). The summed E-state index contributed by atoms with van der Waals surface area (Å²) in [6.07, 6.45) is 2.83. The van der Waals surface area contributed by atoms with E-state index in [0.717, 1.165) is 19.3 Å². The maximum Gasteiger partial charge on any atom is 0.233 e. The molecule has 5 heteroatoms. The SMILES string of the molecule is CC(C(=O)NCCCCCNC(=O)CN)C(C)(C)C. The highest BCUT2D eigenvalue weighted by atomic mass is 16.2. The van der Waals surface area contributed by atoms with Gasteiger partial charge >= 0.3 is 0 Å². The van der Waals surface area contributed by atoms with E-state index in [-0.39, 0.29) is 29.7 Å². The van der Waals surface area contributed by atoms with E-state index in [1.807, 2.05) is 6.92 Å². The molecule has 1 unspecified atom stereocenters. The van der Waals surface area contributed by atoms with Gasteiger partial charge in [0.2, 0.25) is 11.8 Å². The van der Waals surface area contributed by atoms with Gasteiger partial charge in [0.1, 0.15) is 0 Å².